The molecule has 0 fully saturated rings. The number of halogens is 1. The number of alkyl halides is 1. The molecule has 10 heavy (non-hydrogen) atoms. The lowest BCUT2D eigenvalue weighted by molar-refractivity contribution is 0.0853. The van der Waals surface area contributed by atoms with Gasteiger partial charge in [0.25, 0.3) is 0 Å². The van der Waals surface area contributed by atoms with Crippen molar-refractivity contribution in [3.8, 4) is 0 Å². The minimum atomic E-state index is 0.287. The lowest BCUT2D eigenvalue weighted by Crippen LogP contribution is -2.07. The second-order valence-corrected chi connectivity index (χ2v) is 2.68. The molecule has 1 unspecified atom stereocenters. The number of hydrogen-bond donors (Lipinski definition) is 0. The monoisotopic (exact) mass is 163 g/mol. The summed E-state index contributed by atoms with van der Waals surface area (Å²) in [6.07, 6.45) is 4.45. The van der Waals surface area contributed by atoms with Crippen molar-refractivity contribution < 1.29 is 4.74 Å². The van der Waals surface area contributed by atoms with E-state index in [0.29, 0.717) is 0 Å². The molecule has 2 heteroatoms. The van der Waals surface area contributed by atoms with Crippen LogP contribution < -0.4 is 0 Å². The summed E-state index contributed by atoms with van der Waals surface area (Å²) in [4.78, 5) is 0. The average molecular weight is 164 g/mol. The summed E-state index contributed by atoms with van der Waals surface area (Å²) in [5.41, 5.74) is 0. The van der Waals surface area contributed by atoms with Crippen LogP contribution in [-0.4, -0.2) is 18.6 Å². The van der Waals surface area contributed by atoms with E-state index in [4.69, 9.17) is 16.3 Å². The minimum absolute atomic E-state index is 0.287. The van der Waals surface area contributed by atoms with Crippen LogP contribution >= 0.6 is 11.6 Å². The van der Waals surface area contributed by atoms with Gasteiger partial charge in [0, 0.05) is 12.5 Å². The molecule has 0 bridgehead atoms. The van der Waals surface area contributed by atoms with Crippen molar-refractivity contribution in [1.82, 2.24) is 0 Å². The molecule has 0 saturated carbocycles. The molecule has 0 amide bonds. The van der Waals surface area contributed by atoms with Crippen LogP contribution in [0.15, 0.2) is 0 Å². The van der Waals surface area contributed by atoms with E-state index in [-0.39, 0.29) is 6.10 Å². The van der Waals surface area contributed by atoms with Gasteiger partial charge in [-0.15, -0.1) is 11.6 Å². The van der Waals surface area contributed by atoms with Crippen molar-refractivity contribution in [3.63, 3.8) is 0 Å². The highest BCUT2D eigenvalue weighted by molar-refractivity contribution is 6.17. The Labute approximate surface area is 68.7 Å². The van der Waals surface area contributed by atoms with Crippen molar-refractivity contribution >= 4 is 11.6 Å². The van der Waals surface area contributed by atoms with Crippen molar-refractivity contribution in [2.45, 2.75) is 32.8 Å². The van der Waals surface area contributed by atoms with Crippen LogP contribution in [0, 0.1) is 6.42 Å². The summed E-state index contributed by atoms with van der Waals surface area (Å²) in [7, 11) is 0. The number of rotatable bonds is 6. The molecule has 0 heterocycles. The zero-order valence-electron chi connectivity index (χ0n) is 6.77. The van der Waals surface area contributed by atoms with Crippen LogP contribution in [0.3, 0.4) is 0 Å². The summed E-state index contributed by atoms with van der Waals surface area (Å²) in [6.45, 7) is 4.88. The quantitative estimate of drug-likeness (QED) is 0.432. The van der Waals surface area contributed by atoms with E-state index in [0.717, 1.165) is 25.3 Å². The molecule has 0 rings (SSSR count). The summed E-state index contributed by atoms with van der Waals surface area (Å²) in [5, 5.41) is 0. The van der Waals surface area contributed by atoms with Gasteiger partial charge in [0.15, 0.2) is 0 Å². The van der Waals surface area contributed by atoms with Gasteiger partial charge < -0.3 is 4.74 Å². The Morgan fingerprint density at radius 3 is 2.70 bits per heavy atom. The maximum absolute atomic E-state index is 5.49. The van der Waals surface area contributed by atoms with Crippen molar-refractivity contribution in [2.75, 3.05) is 12.5 Å². The molecule has 0 aromatic rings. The predicted octanol–water partition coefficient (Wildman–Crippen LogP) is 2.63. The highest BCUT2D eigenvalue weighted by Gasteiger charge is 1.96. The van der Waals surface area contributed by atoms with Gasteiger partial charge in [0.05, 0.1) is 6.10 Å². The molecule has 0 aromatic heterocycles. The summed E-state index contributed by atoms with van der Waals surface area (Å²) in [6, 6.07) is 0. The van der Waals surface area contributed by atoms with Gasteiger partial charge in [-0.25, -0.2) is 0 Å². The third kappa shape index (κ3) is 6.37. The van der Waals surface area contributed by atoms with E-state index in [9.17, 15) is 0 Å². The molecule has 1 atom stereocenters. The SMILES string of the molecule is C[CH]C(C)OCCCCCl. The van der Waals surface area contributed by atoms with Crippen molar-refractivity contribution in [1.29, 1.82) is 0 Å². The average Bonchev–Trinajstić information content (AvgIpc) is 1.98. The van der Waals surface area contributed by atoms with E-state index in [2.05, 4.69) is 0 Å². The lowest BCUT2D eigenvalue weighted by Gasteiger charge is -2.08. The van der Waals surface area contributed by atoms with Crippen molar-refractivity contribution in [2.24, 2.45) is 0 Å². The first-order chi connectivity index (χ1) is 4.81. The first kappa shape index (κ1) is 10.2. The Kier molecular flexibility index (Phi) is 7.54. The number of hydrogen-bond acceptors (Lipinski definition) is 1. The van der Waals surface area contributed by atoms with Gasteiger partial charge >= 0.3 is 0 Å². The van der Waals surface area contributed by atoms with E-state index >= 15 is 0 Å². The molecular formula is C8H16ClO. The molecule has 0 spiro atoms. The Morgan fingerprint density at radius 2 is 2.20 bits per heavy atom. The van der Waals surface area contributed by atoms with Crippen LogP contribution in [0.25, 0.3) is 0 Å². The highest BCUT2D eigenvalue weighted by Crippen LogP contribution is 1.98. The second kappa shape index (κ2) is 7.36. The van der Waals surface area contributed by atoms with Gasteiger partial charge in [-0.05, 0) is 26.2 Å². The van der Waals surface area contributed by atoms with Gasteiger partial charge in [0.1, 0.15) is 0 Å². The zero-order chi connectivity index (χ0) is 7.82. The number of unbranched alkanes of at least 4 members (excludes halogenated alkanes) is 1. The predicted molar refractivity (Wildman–Crippen MR) is 45.3 cm³/mol. The topological polar surface area (TPSA) is 9.23 Å². The van der Waals surface area contributed by atoms with E-state index in [1.807, 2.05) is 20.3 Å². The van der Waals surface area contributed by atoms with E-state index in [1.165, 1.54) is 0 Å². The molecule has 0 aliphatic heterocycles. The lowest BCUT2D eigenvalue weighted by atomic mass is 10.3. The molecule has 0 aliphatic rings. The Morgan fingerprint density at radius 1 is 1.50 bits per heavy atom. The standard InChI is InChI=1S/C8H16ClO/c1-3-8(2)10-7-5-4-6-9/h3,8H,4-7H2,1-2H3. The Bertz CT molecular complexity index is 66.3. The Hall–Kier alpha value is 0.250. The zero-order valence-corrected chi connectivity index (χ0v) is 7.53. The normalized spacial score (nSPS) is 13.5. The summed E-state index contributed by atoms with van der Waals surface area (Å²) >= 11 is 5.49. The summed E-state index contributed by atoms with van der Waals surface area (Å²) in [5.74, 6) is 0.744. The molecule has 1 radical (unpaired) electrons. The molecule has 61 valence electrons. The van der Waals surface area contributed by atoms with Crippen LogP contribution in [0.2, 0.25) is 0 Å². The maximum Gasteiger partial charge on any atom is 0.0576 e. The Balaban J connectivity index is 2.89. The molecule has 0 N–H and O–H groups in total. The third-order valence-electron chi connectivity index (χ3n) is 1.38. The smallest absolute Gasteiger partial charge is 0.0576 e. The largest absolute Gasteiger partial charge is 0.378 e. The molecule has 0 aromatic carbocycles. The van der Waals surface area contributed by atoms with E-state index in [1.54, 1.807) is 0 Å². The molecular weight excluding hydrogens is 148 g/mol. The third-order valence-corrected chi connectivity index (χ3v) is 1.65. The second-order valence-electron chi connectivity index (χ2n) is 2.31. The first-order valence-corrected chi connectivity index (χ1v) is 4.31. The minimum Gasteiger partial charge on any atom is -0.378 e. The fourth-order valence-electron chi connectivity index (χ4n) is 0.562. The molecule has 0 saturated heterocycles. The van der Waals surface area contributed by atoms with Crippen LogP contribution in [-0.2, 0) is 4.74 Å². The molecule has 0 aliphatic carbocycles. The fraction of sp³-hybridized carbons (Fsp3) is 0.875. The fourth-order valence-corrected chi connectivity index (χ4v) is 0.751. The first-order valence-electron chi connectivity index (χ1n) is 3.78. The van der Waals surface area contributed by atoms with Crippen LogP contribution in [0.5, 0.6) is 0 Å². The van der Waals surface area contributed by atoms with Gasteiger partial charge in [-0.1, -0.05) is 6.92 Å². The van der Waals surface area contributed by atoms with Crippen molar-refractivity contribution in [3.05, 3.63) is 6.42 Å². The summed E-state index contributed by atoms with van der Waals surface area (Å²) < 4.78 is 5.38. The van der Waals surface area contributed by atoms with E-state index < -0.39 is 0 Å². The number of ether oxygens (including phenoxy) is 1. The molecule has 1 nitrogen and oxygen atoms in total. The van der Waals surface area contributed by atoms with Crippen LogP contribution in [0.4, 0.5) is 0 Å². The van der Waals surface area contributed by atoms with Gasteiger partial charge in [0.2, 0.25) is 0 Å². The van der Waals surface area contributed by atoms with Crippen LogP contribution in [0.1, 0.15) is 26.7 Å². The highest BCUT2D eigenvalue weighted by atomic mass is 35.5. The van der Waals surface area contributed by atoms with Gasteiger partial charge in [-0.3, -0.25) is 0 Å². The van der Waals surface area contributed by atoms with Gasteiger partial charge in [-0.2, -0.15) is 0 Å². The maximum atomic E-state index is 5.49.